The summed E-state index contributed by atoms with van der Waals surface area (Å²) in [6.45, 7) is 1.86. The molecule has 0 bridgehead atoms. The predicted molar refractivity (Wildman–Crippen MR) is 116 cm³/mol. The highest BCUT2D eigenvalue weighted by molar-refractivity contribution is 6.31. The number of aromatic hydroxyl groups is 2. The molecule has 0 fully saturated rings. The van der Waals surface area contributed by atoms with Crippen molar-refractivity contribution >= 4 is 17.3 Å². The van der Waals surface area contributed by atoms with E-state index in [1.807, 2.05) is 6.92 Å². The molecule has 3 aromatic rings. The third-order valence-electron chi connectivity index (χ3n) is 5.49. The van der Waals surface area contributed by atoms with E-state index in [-0.39, 0.29) is 22.1 Å². The molecule has 2 N–H and O–H groups in total. The van der Waals surface area contributed by atoms with Crippen LogP contribution in [0.4, 0.5) is 13.2 Å². The maximum Gasteiger partial charge on any atom is 0.416 e. The molecule has 0 spiro atoms. The quantitative estimate of drug-likeness (QED) is 0.430. The van der Waals surface area contributed by atoms with E-state index >= 15 is 0 Å². The first kappa shape index (κ1) is 21.9. The van der Waals surface area contributed by atoms with E-state index < -0.39 is 17.3 Å². The van der Waals surface area contributed by atoms with E-state index in [0.29, 0.717) is 28.8 Å². The zero-order valence-corrected chi connectivity index (χ0v) is 17.6. The van der Waals surface area contributed by atoms with Crippen molar-refractivity contribution in [1.29, 1.82) is 0 Å². The lowest BCUT2D eigenvalue weighted by atomic mass is 9.75. The van der Waals surface area contributed by atoms with Crippen molar-refractivity contribution in [2.24, 2.45) is 10.2 Å². The molecule has 164 valence electrons. The van der Waals surface area contributed by atoms with Gasteiger partial charge in [0.05, 0.1) is 11.3 Å². The van der Waals surface area contributed by atoms with Crippen LogP contribution in [-0.4, -0.2) is 10.2 Å². The van der Waals surface area contributed by atoms with E-state index in [0.717, 1.165) is 12.1 Å². The van der Waals surface area contributed by atoms with Gasteiger partial charge in [0, 0.05) is 16.1 Å². The molecule has 0 radical (unpaired) electrons. The smallest absolute Gasteiger partial charge is 0.416 e. The average Bonchev–Trinajstić information content (AvgIpc) is 3.14. The molecule has 4 nitrogen and oxygen atoms in total. The molecule has 32 heavy (non-hydrogen) atoms. The Morgan fingerprint density at radius 1 is 0.906 bits per heavy atom. The van der Waals surface area contributed by atoms with Gasteiger partial charge in [0.15, 0.2) is 5.54 Å². The van der Waals surface area contributed by atoms with Gasteiger partial charge in [-0.15, -0.1) is 0 Å². The van der Waals surface area contributed by atoms with E-state index in [1.165, 1.54) is 30.3 Å². The van der Waals surface area contributed by atoms with Crippen molar-refractivity contribution in [3.8, 4) is 11.5 Å². The van der Waals surface area contributed by atoms with E-state index in [9.17, 15) is 23.4 Å². The van der Waals surface area contributed by atoms with Crippen molar-refractivity contribution in [2.45, 2.75) is 25.1 Å². The maximum atomic E-state index is 13.6. The first-order valence-corrected chi connectivity index (χ1v) is 10.2. The van der Waals surface area contributed by atoms with E-state index in [2.05, 4.69) is 10.2 Å². The molecule has 4 rings (SSSR count). The lowest BCUT2D eigenvalue weighted by molar-refractivity contribution is -0.137. The van der Waals surface area contributed by atoms with Crippen LogP contribution in [0.2, 0.25) is 5.02 Å². The van der Waals surface area contributed by atoms with Crippen LogP contribution in [0.1, 0.15) is 35.6 Å². The Balaban J connectivity index is 2.04. The average molecular weight is 459 g/mol. The zero-order valence-electron chi connectivity index (χ0n) is 16.9. The molecule has 1 aliphatic rings. The highest BCUT2D eigenvalue weighted by atomic mass is 35.5. The number of benzene rings is 3. The lowest BCUT2D eigenvalue weighted by Crippen LogP contribution is -2.27. The minimum atomic E-state index is -4.57. The third-order valence-corrected chi connectivity index (χ3v) is 5.82. The number of phenolic OH excluding ortho intramolecular Hbond substituents is 2. The molecule has 1 aliphatic heterocycles. The zero-order chi connectivity index (χ0) is 23.1. The van der Waals surface area contributed by atoms with Crippen LogP contribution in [0.15, 0.2) is 82.5 Å². The monoisotopic (exact) mass is 458 g/mol. The van der Waals surface area contributed by atoms with Gasteiger partial charge in [-0.2, -0.15) is 23.4 Å². The SMILES string of the molecule is CCC1=C(c2ccc(O)cc2)N=NC1(c1ccc(O)cc1)c1cc(C(F)(F)F)ccc1Cl. The van der Waals surface area contributed by atoms with Crippen molar-refractivity contribution < 1.29 is 23.4 Å². The summed E-state index contributed by atoms with van der Waals surface area (Å²) in [5.41, 5.74) is 0.212. The van der Waals surface area contributed by atoms with Gasteiger partial charge in [-0.1, -0.05) is 30.7 Å². The predicted octanol–water partition coefficient (Wildman–Crippen LogP) is 7.30. The van der Waals surface area contributed by atoms with Crippen molar-refractivity contribution in [3.63, 3.8) is 0 Å². The van der Waals surface area contributed by atoms with Gasteiger partial charge in [0.2, 0.25) is 0 Å². The maximum absolute atomic E-state index is 13.6. The lowest BCUT2D eigenvalue weighted by Gasteiger charge is -2.31. The molecule has 1 atom stereocenters. The third kappa shape index (κ3) is 3.62. The molecule has 0 amide bonds. The second-order valence-corrected chi connectivity index (χ2v) is 7.78. The van der Waals surface area contributed by atoms with Gasteiger partial charge in [0.1, 0.15) is 11.5 Å². The summed E-state index contributed by atoms with van der Waals surface area (Å²) in [4.78, 5) is 0. The number of hydrogen-bond donors (Lipinski definition) is 2. The van der Waals surface area contributed by atoms with Gasteiger partial charge in [-0.05, 0) is 72.2 Å². The molecule has 0 aliphatic carbocycles. The summed E-state index contributed by atoms with van der Waals surface area (Å²) >= 11 is 6.46. The summed E-state index contributed by atoms with van der Waals surface area (Å²) in [5.74, 6) is 0.0859. The largest absolute Gasteiger partial charge is 0.508 e. The van der Waals surface area contributed by atoms with Crippen LogP contribution in [0.3, 0.4) is 0 Å². The van der Waals surface area contributed by atoms with Crippen LogP contribution < -0.4 is 0 Å². The topological polar surface area (TPSA) is 65.2 Å². The highest BCUT2D eigenvalue weighted by Crippen LogP contribution is 2.52. The summed E-state index contributed by atoms with van der Waals surface area (Å²) in [5, 5.41) is 28.4. The second-order valence-electron chi connectivity index (χ2n) is 7.38. The van der Waals surface area contributed by atoms with Crippen LogP contribution >= 0.6 is 11.6 Å². The Morgan fingerprint density at radius 2 is 1.50 bits per heavy atom. The standard InChI is InChI=1S/C24H18ClF3N2O2/c1-2-19-22(14-3-8-17(31)9-4-14)29-30-23(19,15-5-10-18(32)11-6-15)20-13-16(24(26,27)28)7-12-21(20)25/h3-13,31-32H,2H2,1H3. The molecule has 0 saturated carbocycles. The van der Waals surface area contributed by atoms with Crippen LogP contribution in [0.5, 0.6) is 11.5 Å². The number of hydrogen-bond acceptors (Lipinski definition) is 4. The molecular weight excluding hydrogens is 441 g/mol. The first-order chi connectivity index (χ1) is 15.2. The summed E-state index contributed by atoms with van der Waals surface area (Å²) in [6.07, 6.45) is -4.15. The number of azo groups is 1. The number of nitrogens with zero attached hydrogens (tertiary/aromatic N) is 2. The minimum Gasteiger partial charge on any atom is -0.508 e. The van der Waals surface area contributed by atoms with Crippen LogP contribution in [0, 0.1) is 0 Å². The fourth-order valence-corrected chi connectivity index (χ4v) is 4.23. The summed E-state index contributed by atoms with van der Waals surface area (Å²) in [7, 11) is 0. The van der Waals surface area contributed by atoms with E-state index in [4.69, 9.17) is 11.6 Å². The fourth-order valence-electron chi connectivity index (χ4n) is 3.98. The van der Waals surface area contributed by atoms with Crippen LogP contribution in [-0.2, 0) is 11.7 Å². The Bertz CT molecular complexity index is 1220. The van der Waals surface area contributed by atoms with Crippen molar-refractivity contribution in [3.05, 3.63) is 99.6 Å². The Kier molecular flexibility index (Phi) is 5.46. The molecule has 8 heteroatoms. The molecule has 0 aromatic heterocycles. The normalized spacial score (nSPS) is 18.4. The Hall–Kier alpha value is -3.32. The van der Waals surface area contributed by atoms with Gasteiger partial charge < -0.3 is 10.2 Å². The Labute approximate surface area is 187 Å². The number of phenols is 2. The fraction of sp³-hybridized carbons (Fsp3) is 0.167. The molecular formula is C24H18ClF3N2O2. The number of alkyl halides is 3. The van der Waals surface area contributed by atoms with Crippen molar-refractivity contribution in [1.82, 2.24) is 0 Å². The molecule has 0 saturated heterocycles. The highest BCUT2D eigenvalue weighted by Gasteiger charge is 2.46. The van der Waals surface area contributed by atoms with Crippen molar-refractivity contribution in [2.75, 3.05) is 0 Å². The van der Waals surface area contributed by atoms with Gasteiger partial charge in [-0.25, -0.2) is 0 Å². The molecule has 3 aromatic carbocycles. The Morgan fingerprint density at radius 3 is 2.06 bits per heavy atom. The summed E-state index contributed by atoms with van der Waals surface area (Å²) in [6, 6.07) is 15.6. The van der Waals surface area contributed by atoms with Gasteiger partial charge in [0.25, 0.3) is 0 Å². The molecule has 1 unspecified atom stereocenters. The number of rotatable bonds is 4. The van der Waals surface area contributed by atoms with Gasteiger partial charge >= 0.3 is 6.18 Å². The van der Waals surface area contributed by atoms with Crippen LogP contribution in [0.25, 0.3) is 5.70 Å². The minimum absolute atomic E-state index is 0.00904. The summed E-state index contributed by atoms with van der Waals surface area (Å²) < 4.78 is 40.7. The number of halogens is 4. The first-order valence-electron chi connectivity index (χ1n) is 9.79. The van der Waals surface area contributed by atoms with Gasteiger partial charge in [-0.3, -0.25) is 0 Å². The molecule has 1 heterocycles. The van der Waals surface area contributed by atoms with E-state index in [1.54, 1.807) is 24.3 Å². The second kappa shape index (κ2) is 7.98.